The Morgan fingerprint density at radius 3 is 2.52 bits per heavy atom. The van der Waals surface area contributed by atoms with Crippen LogP contribution in [-0.2, 0) is 16.6 Å². The molecule has 114 valence electrons. The second kappa shape index (κ2) is 5.41. The maximum atomic E-state index is 14.0. The SMILES string of the molecule is Cc1n[nH]c(C)c1NS(=O)(=O)c1ccc(F)c(CO)c1F. The smallest absolute Gasteiger partial charge is 0.264 e. The van der Waals surface area contributed by atoms with E-state index in [1.54, 1.807) is 13.8 Å². The number of aromatic amines is 1. The Kier molecular flexibility index (Phi) is 3.97. The molecule has 0 saturated heterocycles. The van der Waals surface area contributed by atoms with E-state index in [0.29, 0.717) is 11.4 Å². The van der Waals surface area contributed by atoms with Gasteiger partial charge in [-0.05, 0) is 26.0 Å². The second-order valence-corrected chi connectivity index (χ2v) is 6.06. The van der Waals surface area contributed by atoms with Gasteiger partial charge in [0.15, 0.2) is 5.82 Å². The van der Waals surface area contributed by atoms with E-state index in [-0.39, 0.29) is 5.69 Å². The molecule has 2 rings (SSSR count). The van der Waals surface area contributed by atoms with Crippen LogP contribution in [-0.4, -0.2) is 23.7 Å². The zero-order valence-electron chi connectivity index (χ0n) is 11.2. The molecule has 0 atom stereocenters. The summed E-state index contributed by atoms with van der Waals surface area (Å²) < 4.78 is 53.9. The molecule has 3 N–H and O–H groups in total. The number of halogens is 2. The lowest BCUT2D eigenvalue weighted by Gasteiger charge is -2.11. The number of benzene rings is 1. The number of H-pyrrole nitrogens is 1. The van der Waals surface area contributed by atoms with Crippen LogP contribution in [0.1, 0.15) is 17.0 Å². The van der Waals surface area contributed by atoms with Crippen LogP contribution in [0.2, 0.25) is 0 Å². The lowest BCUT2D eigenvalue weighted by Crippen LogP contribution is -2.17. The van der Waals surface area contributed by atoms with E-state index in [4.69, 9.17) is 5.11 Å². The third-order valence-electron chi connectivity index (χ3n) is 2.96. The molecule has 0 bridgehead atoms. The first-order chi connectivity index (χ1) is 9.77. The minimum atomic E-state index is -4.27. The molecular weight excluding hydrogens is 304 g/mol. The molecule has 9 heteroatoms. The number of hydrogen-bond acceptors (Lipinski definition) is 4. The number of aliphatic hydroxyl groups excluding tert-OH is 1. The summed E-state index contributed by atoms with van der Waals surface area (Å²) in [4.78, 5) is -0.743. The fourth-order valence-corrected chi connectivity index (χ4v) is 3.11. The first kappa shape index (κ1) is 15.4. The molecule has 6 nitrogen and oxygen atoms in total. The first-order valence-corrected chi connectivity index (χ1v) is 7.38. The summed E-state index contributed by atoms with van der Waals surface area (Å²) in [7, 11) is -4.27. The molecule has 1 heterocycles. The third kappa shape index (κ3) is 2.74. The number of nitrogens with zero attached hydrogens (tertiary/aromatic N) is 1. The lowest BCUT2D eigenvalue weighted by molar-refractivity contribution is 0.267. The van der Waals surface area contributed by atoms with Gasteiger partial charge in [-0.15, -0.1) is 0 Å². The molecule has 0 amide bonds. The predicted molar refractivity (Wildman–Crippen MR) is 71.2 cm³/mol. The summed E-state index contributed by atoms with van der Waals surface area (Å²) in [5.41, 5.74) is 0.352. The van der Waals surface area contributed by atoms with Gasteiger partial charge in [-0.3, -0.25) is 9.82 Å². The number of anilines is 1. The van der Waals surface area contributed by atoms with Gasteiger partial charge in [-0.25, -0.2) is 17.2 Å². The molecule has 0 aliphatic carbocycles. The molecule has 21 heavy (non-hydrogen) atoms. The molecule has 1 aromatic heterocycles. The van der Waals surface area contributed by atoms with E-state index in [1.807, 2.05) is 0 Å². The van der Waals surface area contributed by atoms with Crippen molar-refractivity contribution in [1.82, 2.24) is 10.2 Å². The Balaban J connectivity index is 2.51. The largest absolute Gasteiger partial charge is 0.391 e. The highest BCUT2D eigenvalue weighted by Crippen LogP contribution is 2.25. The maximum Gasteiger partial charge on any atom is 0.264 e. The van der Waals surface area contributed by atoms with Crippen LogP contribution in [0.3, 0.4) is 0 Å². The topological polar surface area (TPSA) is 95.1 Å². The van der Waals surface area contributed by atoms with Crippen LogP contribution < -0.4 is 4.72 Å². The standard InChI is InChI=1S/C12H13F2N3O3S/c1-6-12(7(2)16-15-6)17-21(19,20)10-4-3-9(13)8(5-18)11(10)14/h3-4,17-18H,5H2,1-2H3,(H,15,16). The number of nitrogens with one attached hydrogen (secondary N) is 2. The van der Waals surface area contributed by atoms with E-state index < -0.39 is 38.7 Å². The zero-order chi connectivity index (χ0) is 15.8. The fraction of sp³-hybridized carbons (Fsp3) is 0.250. The van der Waals surface area contributed by atoms with Crippen molar-refractivity contribution in [1.29, 1.82) is 0 Å². The van der Waals surface area contributed by atoms with Crippen LogP contribution >= 0.6 is 0 Å². The van der Waals surface area contributed by atoms with Gasteiger partial charge < -0.3 is 5.11 Å². The van der Waals surface area contributed by atoms with Gasteiger partial charge in [-0.2, -0.15) is 5.10 Å². The van der Waals surface area contributed by atoms with E-state index in [2.05, 4.69) is 14.9 Å². The van der Waals surface area contributed by atoms with Gasteiger partial charge in [0.1, 0.15) is 10.7 Å². The number of sulfonamides is 1. The Morgan fingerprint density at radius 2 is 2.00 bits per heavy atom. The summed E-state index contributed by atoms with van der Waals surface area (Å²) in [6.45, 7) is 2.23. The normalized spacial score (nSPS) is 11.7. The van der Waals surface area contributed by atoms with Crippen molar-refractivity contribution in [3.63, 3.8) is 0 Å². The molecule has 0 fully saturated rings. The molecule has 0 radical (unpaired) electrons. The van der Waals surface area contributed by atoms with Gasteiger partial charge in [-0.1, -0.05) is 0 Å². The highest BCUT2D eigenvalue weighted by atomic mass is 32.2. The van der Waals surface area contributed by atoms with E-state index in [1.165, 1.54) is 0 Å². The molecule has 0 aliphatic rings. The monoisotopic (exact) mass is 317 g/mol. The molecular formula is C12H13F2N3O3S. The molecule has 0 unspecified atom stereocenters. The minimum Gasteiger partial charge on any atom is -0.391 e. The second-order valence-electron chi connectivity index (χ2n) is 4.41. The van der Waals surface area contributed by atoms with Crippen molar-refractivity contribution < 1.29 is 22.3 Å². The maximum absolute atomic E-state index is 14.0. The zero-order valence-corrected chi connectivity index (χ0v) is 12.1. The van der Waals surface area contributed by atoms with Gasteiger partial charge in [0.25, 0.3) is 10.0 Å². The third-order valence-corrected chi connectivity index (χ3v) is 4.33. The van der Waals surface area contributed by atoms with Crippen molar-refractivity contribution in [3.05, 3.63) is 40.7 Å². The molecule has 0 saturated carbocycles. The number of rotatable bonds is 4. The van der Waals surface area contributed by atoms with E-state index in [0.717, 1.165) is 12.1 Å². The van der Waals surface area contributed by atoms with Crippen molar-refractivity contribution in [3.8, 4) is 0 Å². The number of aromatic nitrogens is 2. The summed E-state index contributed by atoms with van der Waals surface area (Å²) in [5.74, 6) is -2.33. The van der Waals surface area contributed by atoms with Gasteiger partial charge >= 0.3 is 0 Å². The quantitative estimate of drug-likeness (QED) is 0.798. The fourth-order valence-electron chi connectivity index (χ4n) is 1.82. The summed E-state index contributed by atoms with van der Waals surface area (Å²) in [6.07, 6.45) is 0. The van der Waals surface area contributed by atoms with Crippen LogP contribution in [0.5, 0.6) is 0 Å². The average molecular weight is 317 g/mol. The van der Waals surface area contributed by atoms with Gasteiger partial charge in [0.2, 0.25) is 0 Å². The summed E-state index contributed by atoms with van der Waals surface area (Å²) >= 11 is 0. The average Bonchev–Trinajstić information content (AvgIpc) is 2.70. The van der Waals surface area contributed by atoms with Crippen molar-refractivity contribution in [2.75, 3.05) is 4.72 Å². The van der Waals surface area contributed by atoms with Crippen LogP contribution in [0, 0.1) is 25.5 Å². The number of hydrogen-bond donors (Lipinski definition) is 3. The van der Waals surface area contributed by atoms with E-state index in [9.17, 15) is 17.2 Å². The van der Waals surface area contributed by atoms with Gasteiger partial charge in [0, 0.05) is 0 Å². The highest BCUT2D eigenvalue weighted by molar-refractivity contribution is 7.92. The van der Waals surface area contributed by atoms with Crippen LogP contribution in [0.15, 0.2) is 17.0 Å². The molecule has 0 aliphatic heterocycles. The Morgan fingerprint density at radius 1 is 1.33 bits per heavy atom. The molecule has 0 spiro atoms. The van der Waals surface area contributed by atoms with E-state index >= 15 is 0 Å². The first-order valence-electron chi connectivity index (χ1n) is 5.90. The minimum absolute atomic E-state index is 0.198. The Hall–Kier alpha value is -2.00. The number of aliphatic hydroxyl groups is 1. The predicted octanol–water partition coefficient (Wildman–Crippen LogP) is 1.60. The Bertz CT molecular complexity index is 768. The van der Waals surface area contributed by atoms with Crippen LogP contribution in [0.4, 0.5) is 14.5 Å². The van der Waals surface area contributed by atoms with Crippen molar-refractivity contribution in [2.24, 2.45) is 0 Å². The van der Waals surface area contributed by atoms with Crippen molar-refractivity contribution in [2.45, 2.75) is 25.3 Å². The molecule has 2 aromatic rings. The number of aryl methyl sites for hydroxylation is 2. The van der Waals surface area contributed by atoms with Crippen LogP contribution in [0.25, 0.3) is 0 Å². The summed E-state index contributed by atoms with van der Waals surface area (Å²) in [5, 5.41) is 15.3. The highest BCUT2D eigenvalue weighted by Gasteiger charge is 2.25. The summed E-state index contributed by atoms with van der Waals surface area (Å²) in [6, 6.07) is 1.59. The van der Waals surface area contributed by atoms with Crippen molar-refractivity contribution >= 4 is 15.7 Å². The lowest BCUT2D eigenvalue weighted by atomic mass is 10.2. The van der Waals surface area contributed by atoms with Gasteiger partial charge in [0.05, 0.1) is 29.2 Å². The Labute approximate surface area is 119 Å². The molecule has 1 aromatic carbocycles.